The van der Waals surface area contributed by atoms with Crippen molar-refractivity contribution < 1.29 is 22.7 Å². The maximum atomic E-state index is 12.4. The lowest BCUT2D eigenvalue weighted by atomic mass is 10.0. The molecular weight excluding hydrogens is 507 g/mol. The number of aromatic amines is 1. The maximum Gasteiger partial charge on any atom is 0.418 e. The summed E-state index contributed by atoms with van der Waals surface area (Å²) in [5.74, 6) is 0.305. The molecule has 0 unspecified atom stereocenters. The zero-order valence-corrected chi connectivity index (χ0v) is 22.7. The zero-order chi connectivity index (χ0) is 28.3. The molecule has 0 bridgehead atoms. The summed E-state index contributed by atoms with van der Waals surface area (Å²) in [6.07, 6.45) is 5.67. The molecule has 1 amide bonds. The minimum absolute atomic E-state index is 0.0891. The molecule has 0 spiro atoms. The Hall–Kier alpha value is -3.33. The predicted molar refractivity (Wildman–Crippen MR) is 147 cm³/mol. The number of carbonyl (C=O) groups excluding carboxylic acids is 1. The molecule has 39 heavy (non-hydrogen) atoms. The highest BCUT2D eigenvalue weighted by Crippen LogP contribution is 2.32. The second kappa shape index (κ2) is 14.7. The van der Waals surface area contributed by atoms with Crippen LogP contribution in [0, 0.1) is 6.92 Å². The highest BCUT2D eigenvalue weighted by Gasteiger charge is 2.33. The Bertz CT molecular complexity index is 1210. The van der Waals surface area contributed by atoms with Crippen LogP contribution in [0.15, 0.2) is 59.7 Å². The number of rotatable bonds is 9. The Morgan fingerprint density at radius 2 is 1.67 bits per heavy atom. The highest BCUT2D eigenvalue weighted by molar-refractivity contribution is 5.76. The van der Waals surface area contributed by atoms with E-state index in [1.165, 1.54) is 31.2 Å². The van der Waals surface area contributed by atoms with E-state index in [1.54, 1.807) is 17.9 Å². The largest absolute Gasteiger partial charge is 0.418 e. The molecule has 1 aliphatic heterocycles. The number of ether oxygens (including phenoxy) is 1. The van der Waals surface area contributed by atoms with Crippen LogP contribution in [0.5, 0.6) is 0 Å². The van der Waals surface area contributed by atoms with Crippen molar-refractivity contribution >= 4 is 5.91 Å². The molecule has 1 saturated heterocycles. The van der Waals surface area contributed by atoms with Crippen molar-refractivity contribution in [3.05, 3.63) is 82.0 Å². The van der Waals surface area contributed by atoms with Crippen LogP contribution in [-0.2, 0) is 28.7 Å². The maximum absolute atomic E-state index is 12.4. The van der Waals surface area contributed by atoms with E-state index >= 15 is 0 Å². The standard InChI is InChI=1S/C20H24N2O2.C10H14F3NO/c23-19-12-11-18(15-21-19)17-9-7-16(8-10-17)5-4-6-20(24)22-13-2-1-3-14-22;1-8-9(10(11,12)13)4-6-14(8)5-3-7-15-2/h7-12,15H,1-6,13-14H2,(H,21,23);4,6H,3,5,7H2,1-2H3. The Morgan fingerprint density at radius 1 is 0.974 bits per heavy atom. The number of nitrogens with one attached hydrogen (secondary N) is 1. The number of amides is 1. The molecule has 1 fully saturated rings. The molecule has 2 aromatic heterocycles. The van der Waals surface area contributed by atoms with E-state index in [0.29, 0.717) is 31.9 Å². The molecule has 0 saturated carbocycles. The van der Waals surface area contributed by atoms with Gasteiger partial charge in [-0.3, -0.25) is 9.59 Å². The first-order chi connectivity index (χ1) is 18.7. The van der Waals surface area contributed by atoms with Crippen molar-refractivity contribution in [2.75, 3.05) is 26.8 Å². The summed E-state index contributed by atoms with van der Waals surface area (Å²) in [7, 11) is 1.57. The summed E-state index contributed by atoms with van der Waals surface area (Å²) < 4.78 is 43.7. The van der Waals surface area contributed by atoms with Crippen LogP contribution in [0.3, 0.4) is 0 Å². The second-order valence-corrected chi connectivity index (χ2v) is 9.79. The molecule has 1 N–H and O–H groups in total. The van der Waals surface area contributed by atoms with Gasteiger partial charge in [-0.25, -0.2) is 0 Å². The van der Waals surface area contributed by atoms with Crippen LogP contribution in [0.2, 0.25) is 0 Å². The number of aryl methyl sites for hydroxylation is 2. The number of halogens is 3. The van der Waals surface area contributed by atoms with Crippen LogP contribution >= 0.6 is 0 Å². The molecule has 4 rings (SSSR count). The second-order valence-electron chi connectivity index (χ2n) is 9.79. The molecule has 0 atom stereocenters. The van der Waals surface area contributed by atoms with Crippen molar-refractivity contribution in [2.24, 2.45) is 0 Å². The fraction of sp³-hybridized carbons (Fsp3) is 0.467. The summed E-state index contributed by atoms with van der Waals surface area (Å²) in [5, 5.41) is 0. The van der Waals surface area contributed by atoms with Gasteiger partial charge in [-0.05, 0) is 74.3 Å². The molecule has 3 heterocycles. The van der Waals surface area contributed by atoms with Crippen molar-refractivity contribution in [2.45, 2.75) is 64.6 Å². The first-order valence-corrected chi connectivity index (χ1v) is 13.5. The van der Waals surface area contributed by atoms with Gasteiger partial charge in [0.1, 0.15) is 0 Å². The van der Waals surface area contributed by atoms with Crippen molar-refractivity contribution in [1.29, 1.82) is 0 Å². The fourth-order valence-electron chi connectivity index (χ4n) is 4.67. The summed E-state index contributed by atoms with van der Waals surface area (Å²) in [4.78, 5) is 28.0. The zero-order valence-electron chi connectivity index (χ0n) is 22.7. The predicted octanol–water partition coefficient (Wildman–Crippen LogP) is 6.23. The van der Waals surface area contributed by atoms with Gasteiger partial charge in [-0.1, -0.05) is 24.3 Å². The van der Waals surface area contributed by atoms with Gasteiger partial charge in [-0.15, -0.1) is 0 Å². The lowest BCUT2D eigenvalue weighted by molar-refractivity contribution is -0.138. The van der Waals surface area contributed by atoms with Gasteiger partial charge in [-0.2, -0.15) is 13.2 Å². The van der Waals surface area contributed by atoms with Crippen LogP contribution in [0.25, 0.3) is 11.1 Å². The van der Waals surface area contributed by atoms with E-state index in [9.17, 15) is 22.8 Å². The number of hydrogen-bond acceptors (Lipinski definition) is 3. The summed E-state index contributed by atoms with van der Waals surface area (Å²) >= 11 is 0. The average molecular weight is 546 g/mol. The number of alkyl halides is 3. The molecule has 1 aliphatic rings. The van der Waals surface area contributed by atoms with Gasteiger partial charge in [0.15, 0.2) is 0 Å². The Labute approximate surface area is 227 Å². The summed E-state index contributed by atoms with van der Waals surface area (Å²) in [6.45, 7) is 4.46. The third-order valence-corrected chi connectivity index (χ3v) is 6.93. The van der Waals surface area contributed by atoms with Crippen molar-refractivity contribution in [1.82, 2.24) is 14.5 Å². The first-order valence-electron chi connectivity index (χ1n) is 13.5. The third kappa shape index (κ3) is 9.42. The quantitative estimate of drug-likeness (QED) is 0.324. The van der Waals surface area contributed by atoms with E-state index < -0.39 is 11.7 Å². The van der Waals surface area contributed by atoms with E-state index in [1.807, 2.05) is 11.0 Å². The van der Waals surface area contributed by atoms with Crippen LogP contribution in [0.1, 0.15) is 55.3 Å². The summed E-state index contributed by atoms with van der Waals surface area (Å²) in [5.41, 5.74) is 2.95. The number of pyridine rings is 1. The Kier molecular flexibility index (Phi) is 11.4. The topological polar surface area (TPSA) is 67.3 Å². The number of methoxy groups -OCH3 is 1. The molecule has 1 aromatic carbocycles. The van der Waals surface area contributed by atoms with Gasteiger partial charge >= 0.3 is 6.18 Å². The van der Waals surface area contributed by atoms with Crippen LogP contribution in [0.4, 0.5) is 13.2 Å². The average Bonchev–Trinajstić information content (AvgIpc) is 3.31. The molecular formula is C30H38F3N3O3. The van der Waals surface area contributed by atoms with Gasteiger partial charge in [0.05, 0.1) is 5.56 Å². The SMILES string of the molecule is COCCCn1ccc(C(F)(F)F)c1C.O=C(CCCc1ccc(-c2ccc(=O)[nH]c2)cc1)N1CCCCC1. The lowest BCUT2D eigenvalue weighted by Gasteiger charge is -2.26. The van der Waals surface area contributed by atoms with Gasteiger partial charge in [0.2, 0.25) is 11.5 Å². The number of carbonyl (C=O) groups is 1. The van der Waals surface area contributed by atoms with E-state index in [2.05, 4.69) is 29.2 Å². The van der Waals surface area contributed by atoms with E-state index in [0.717, 1.165) is 56.0 Å². The minimum Gasteiger partial charge on any atom is -0.385 e. The number of aromatic nitrogens is 2. The number of benzene rings is 1. The number of piperidine rings is 1. The van der Waals surface area contributed by atoms with Gasteiger partial charge in [0.25, 0.3) is 0 Å². The van der Waals surface area contributed by atoms with Gasteiger partial charge < -0.3 is 19.2 Å². The smallest absolute Gasteiger partial charge is 0.385 e. The molecule has 9 heteroatoms. The Morgan fingerprint density at radius 3 is 2.26 bits per heavy atom. The molecule has 0 radical (unpaired) electrons. The molecule has 0 aliphatic carbocycles. The van der Waals surface area contributed by atoms with E-state index in [-0.39, 0.29) is 11.3 Å². The van der Waals surface area contributed by atoms with Crippen LogP contribution in [-0.4, -0.2) is 47.2 Å². The van der Waals surface area contributed by atoms with Crippen molar-refractivity contribution in [3.63, 3.8) is 0 Å². The molecule has 6 nitrogen and oxygen atoms in total. The monoisotopic (exact) mass is 545 g/mol. The molecule has 3 aromatic rings. The summed E-state index contributed by atoms with van der Waals surface area (Å²) in [6, 6.07) is 12.8. The number of H-pyrrole nitrogens is 1. The van der Waals surface area contributed by atoms with Crippen LogP contribution < -0.4 is 5.56 Å². The minimum atomic E-state index is -4.25. The number of nitrogens with zero attached hydrogens (tertiary/aromatic N) is 2. The lowest BCUT2D eigenvalue weighted by Crippen LogP contribution is -2.35. The Balaban J connectivity index is 0.000000242. The first kappa shape index (κ1) is 30.2. The highest BCUT2D eigenvalue weighted by atomic mass is 19.4. The number of likely N-dealkylation sites (tertiary alicyclic amines) is 1. The third-order valence-electron chi connectivity index (χ3n) is 6.93. The van der Waals surface area contributed by atoms with Gasteiger partial charge in [0, 0.05) is 63.9 Å². The van der Waals surface area contributed by atoms with Crippen molar-refractivity contribution in [3.8, 4) is 11.1 Å². The molecule has 212 valence electrons. The number of hydrogen-bond donors (Lipinski definition) is 1. The normalized spacial score (nSPS) is 13.6. The van der Waals surface area contributed by atoms with E-state index in [4.69, 9.17) is 4.74 Å². The fourth-order valence-corrected chi connectivity index (χ4v) is 4.67.